The molecule has 1 atom stereocenters. The highest BCUT2D eigenvalue weighted by Crippen LogP contribution is 2.19. The second-order valence-corrected chi connectivity index (χ2v) is 4.42. The lowest BCUT2D eigenvalue weighted by atomic mass is 10.0. The topological polar surface area (TPSA) is 21.3 Å². The molecule has 0 aliphatic heterocycles. The van der Waals surface area contributed by atoms with Crippen LogP contribution in [0.4, 0.5) is 13.2 Å². The van der Waals surface area contributed by atoms with Crippen molar-refractivity contribution in [1.82, 2.24) is 5.32 Å². The maximum absolute atomic E-state index is 11.8. The second kappa shape index (κ2) is 8.17. The molecule has 0 aliphatic rings. The highest BCUT2D eigenvalue weighted by molar-refractivity contribution is 5.18. The predicted molar refractivity (Wildman–Crippen MR) is 69.0 cm³/mol. The third-order valence-corrected chi connectivity index (χ3v) is 2.85. The van der Waals surface area contributed by atoms with Gasteiger partial charge in [0.1, 0.15) is 6.61 Å². The van der Waals surface area contributed by atoms with Crippen molar-refractivity contribution in [3.05, 3.63) is 35.9 Å². The first-order valence-electron chi connectivity index (χ1n) is 6.39. The van der Waals surface area contributed by atoms with E-state index in [1.54, 1.807) is 0 Å². The zero-order valence-electron chi connectivity index (χ0n) is 11.0. The monoisotopic (exact) mass is 275 g/mol. The van der Waals surface area contributed by atoms with Crippen molar-refractivity contribution in [2.24, 2.45) is 0 Å². The van der Waals surface area contributed by atoms with Gasteiger partial charge in [-0.2, -0.15) is 13.2 Å². The number of halogens is 3. The molecule has 1 aromatic carbocycles. The lowest BCUT2D eigenvalue weighted by Gasteiger charge is -2.16. The highest BCUT2D eigenvalue weighted by Gasteiger charge is 2.27. The highest BCUT2D eigenvalue weighted by atomic mass is 19.4. The summed E-state index contributed by atoms with van der Waals surface area (Å²) in [5.41, 5.74) is 1.20. The fourth-order valence-electron chi connectivity index (χ4n) is 1.90. The van der Waals surface area contributed by atoms with E-state index in [1.165, 1.54) is 5.56 Å². The molecule has 108 valence electrons. The second-order valence-electron chi connectivity index (χ2n) is 4.42. The van der Waals surface area contributed by atoms with Crippen LogP contribution < -0.4 is 5.32 Å². The number of nitrogens with one attached hydrogen (secondary N) is 1. The van der Waals surface area contributed by atoms with Crippen LogP contribution in [0.5, 0.6) is 0 Å². The fourth-order valence-corrected chi connectivity index (χ4v) is 1.90. The largest absolute Gasteiger partial charge is 0.411 e. The molecule has 1 N–H and O–H groups in total. The van der Waals surface area contributed by atoms with E-state index in [2.05, 4.69) is 10.1 Å². The minimum atomic E-state index is -4.22. The molecule has 5 heteroatoms. The van der Waals surface area contributed by atoms with Gasteiger partial charge < -0.3 is 10.1 Å². The molecule has 0 heterocycles. The summed E-state index contributed by atoms with van der Waals surface area (Å²) in [5.74, 6) is 0. The Kier molecular flexibility index (Phi) is 6.87. The molecule has 0 spiro atoms. The standard InChI is InChI=1S/C14H20F3NO/c1-18-13(12-7-3-2-4-8-12)9-5-6-10-19-11-14(15,16)17/h2-4,7-8,13,18H,5-6,9-11H2,1H3. The van der Waals surface area contributed by atoms with Gasteiger partial charge in [-0.25, -0.2) is 0 Å². The number of unbranched alkanes of at least 4 members (excludes halogenated alkanes) is 1. The number of hydrogen-bond acceptors (Lipinski definition) is 2. The smallest absolute Gasteiger partial charge is 0.372 e. The van der Waals surface area contributed by atoms with E-state index in [0.29, 0.717) is 6.42 Å². The Morgan fingerprint density at radius 1 is 1.16 bits per heavy atom. The van der Waals surface area contributed by atoms with Crippen LogP contribution in [0.2, 0.25) is 0 Å². The first-order chi connectivity index (χ1) is 9.03. The Hall–Kier alpha value is -1.07. The van der Waals surface area contributed by atoms with Crippen LogP contribution in [-0.2, 0) is 4.74 Å². The van der Waals surface area contributed by atoms with Crippen LogP contribution in [0.3, 0.4) is 0 Å². The van der Waals surface area contributed by atoms with Gasteiger partial charge >= 0.3 is 6.18 Å². The molecule has 0 bridgehead atoms. The van der Waals surface area contributed by atoms with Gasteiger partial charge in [0.05, 0.1) is 0 Å². The third kappa shape index (κ3) is 7.18. The molecule has 0 saturated heterocycles. The van der Waals surface area contributed by atoms with Gasteiger partial charge in [0.25, 0.3) is 0 Å². The molecular weight excluding hydrogens is 255 g/mol. The number of rotatable bonds is 8. The minimum Gasteiger partial charge on any atom is -0.372 e. The Morgan fingerprint density at radius 2 is 1.84 bits per heavy atom. The van der Waals surface area contributed by atoms with Crippen LogP contribution in [0.1, 0.15) is 30.9 Å². The van der Waals surface area contributed by atoms with Crippen LogP contribution in [0.25, 0.3) is 0 Å². The zero-order valence-corrected chi connectivity index (χ0v) is 11.0. The summed E-state index contributed by atoms with van der Waals surface area (Å²) in [6, 6.07) is 10.2. The lowest BCUT2D eigenvalue weighted by Crippen LogP contribution is -2.18. The van der Waals surface area contributed by atoms with Crippen LogP contribution >= 0.6 is 0 Å². The van der Waals surface area contributed by atoms with Crippen molar-refractivity contribution in [2.75, 3.05) is 20.3 Å². The fraction of sp³-hybridized carbons (Fsp3) is 0.571. The van der Waals surface area contributed by atoms with Gasteiger partial charge in [-0.15, -0.1) is 0 Å². The molecule has 2 nitrogen and oxygen atoms in total. The summed E-state index contributed by atoms with van der Waals surface area (Å²) in [4.78, 5) is 0. The van der Waals surface area contributed by atoms with Gasteiger partial charge in [-0.1, -0.05) is 30.3 Å². The normalized spacial score (nSPS) is 13.5. The van der Waals surface area contributed by atoms with Crippen molar-refractivity contribution < 1.29 is 17.9 Å². The van der Waals surface area contributed by atoms with Crippen LogP contribution in [0, 0.1) is 0 Å². The molecular formula is C14H20F3NO. The molecule has 1 unspecified atom stereocenters. The molecule has 0 aliphatic carbocycles. The lowest BCUT2D eigenvalue weighted by molar-refractivity contribution is -0.174. The van der Waals surface area contributed by atoms with Crippen molar-refractivity contribution in [3.8, 4) is 0 Å². The van der Waals surface area contributed by atoms with Gasteiger partial charge in [0.2, 0.25) is 0 Å². The Bertz CT molecular complexity index is 340. The SMILES string of the molecule is CNC(CCCCOCC(F)(F)F)c1ccccc1. The van der Waals surface area contributed by atoms with Crippen molar-refractivity contribution in [2.45, 2.75) is 31.5 Å². The Labute approximate surface area is 112 Å². The number of alkyl halides is 3. The van der Waals surface area contributed by atoms with E-state index in [0.717, 1.165) is 12.8 Å². The van der Waals surface area contributed by atoms with Crippen molar-refractivity contribution in [3.63, 3.8) is 0 Å². The summed E-state index contributed by atoms with van der Waals surface area (Å²) in [5, 5.41) is 3.21. The van der Waals surface area contributed by atoms with E-state index < -0.39 is 12.8 Å². The maximum Gasteiger partial charge on any atom is 0.411 e. The average molecular weight is 275 g/mol. The minimum absolute atomic E-state index is 0.157. The Balaban J connectivity index is 2.17. The average Bonchev–Trinajstić information content (AvgIpc) is 2.38. The number of ether oxygens (including phenoxy) is 1. The summed E-state index contributed by atoms with van der Waals surface area (Å²) in [6.07, 6.45) is -1.87. The zero-order chi connectivity index (χ0) is 14.1. The van der Waals surface area contributed by atoms with Gasteiger partial charge in [0.15, 0.2) is 0 Å². The summed E-state index contributed by atoms with van der Waals surface area (Å²) >= 11 is 0. The molecule has 1 aromatic rings. The van der Waals surface area contributed by atoms with E-state index in [-0.39, 0.29) is 12.6 Å². The quantitative estimate of drug-likeness (QED) is 0.730. The number of hydrogen-bond donors (Lipinski definition) is 1. The van der Waals surface area contributed by atoms with Crippen molar-refractivity contribution >= 4 is 0 Å². The molecule has 0 radical (unpaired) electrons. The summed E-state index contributed by atoms with van der Waals surface area (Å²) in [6.45, 7) is -0.994. The van der Waals surface area contributed by atoms with Crippen LogP contribution in [-0.4, -0.2) is 26.4 Å². The molecule has 1 rings (SSSR count). The molecule has 19 heavy (non-hydrogen) atoms. The Morgan fingerprint density at radius 3 is 2.42 bits per heavy atom. The summed E-state index contributed by atoms with van der Waals surface area (Å²) < 4.78 is 40.1. The van der Waals surface area contributed by atoms with E-state index in [4.69, 9.17) is 0 Å². The van der Waals surface area contributed by atoms with Gasteiger partial charge in [-0.05, 0) is 31.9 Å². The van der Waals surface area contributed by atoms with Gasteiger partial charge in [-0.3, -0.25) is 0 Å². The van der Waals surface area contributed by atoms with E-state index in [9.17, 15) is 13.2 Å². The van der Waals surface area contributed by atoms with E-state index >= 15 is 0 Å². The molecule has 0 saturated carbocycles. The predicted octanol–water partition coefficient (Wildman–Crippen LogP) is 3.70. The van der Waals surface area contributed by atoms with E-state index in [1.807, 2.05) is 37.4 Å². The first kappa shape index (κ1) is 16.0. The molecule has 0 amide bonds. The van der Waals surface area contributed by atoms with Crippen LogP contribution in [0.15, 0.2) is 30.3 Å². The molecule has 0 aromatic heterocycles. The first-order valence-corrected chi connectivity index (χ1v) is 6.39. The summed E-state index contributed by atoms with van der Waals surface area (Å²) in [7, 11) is 1.89. The third-order valence-electron chi connectivity index (χ3n) is 2.85. The maximum atomic E-state index is 11.8. The molecule has 0 fully saturated rings. The van der Waals surface area contributed by atoms with Gasteiger partial charge in [0, 0.05) is 12.6 Å². The van der Waals surface area contributed by atoms with Crippen molar-refractivity contribution in [1.29, 1.82) is 0 Å². The number of benzene rings is 1.